The molecule has 0 bridgehead atoms. The molecular formula is C11H19Cl2N3. The lowest BCUT2D eigenvalue weighted by Gasteiger charge is -2.12. The first-order valence-electron chi connectivity index (χ1n) is 4.73. The molecule has 1 aromatic rings. The quantitative estimate of drug-likeness (QED) is 0.579. The summed E-state index contributed by atoms with van der Waals surface area (Å²) in [5, 5.41) is 7.35. The molecule has 1 rings (SSSR count). The Bertz CT molecular complexity index is 351. The Morgan fingerprint density at radius 1 is 1.31 bits per heavy atom. The number of hydrogen-bond acceptors (Lipinski definition) is 2. The summed E-state index contributed by atoms with van der Waals surface area (Å²) in [5.41, 5.74) is 14.1. The van der Waals surface area contributed by atoms with E-state index < -0.39 is 0 Å². The van der Waals surface area contributed by atoms with Gasteiger partial charge in [-0.25, -0.2) is 0 Å². The Balaban J connectivity index is 0. The standard InChI is InChI=1S/C11H17N3.2ClH/c1-7(2)10-5-8(11(13)14)3-4-9(10)6-12;;/h3-5,7H,6,12H2,1-2H3,(H3,13,14);2*1H. The first kappa shape index (κ1) is 17.6. The maximum Gasteiger partial charge on any atom is 0.122 e. The minimum absolute atomic E-state index is 0. The summed E-state index contributed by atoms with van der Waals surface area (Å²) in [7, 11) is 0. The van der Waals surface area contributed by atoms with Crippen LogP contribution >= 0.6 is 24.8 Å². The lowest BCUT2D eigenvalue weighted by molar-refractivity contribution is 0.839. The van der Waals surface area contributed by atoms with Crippen LogP contribution in [-0.4, -0.2) is 5.84 Å². The molecule has 0 amide bonds. The zero-order valence-corrected chi connectivity index (χ0v) is 11.1. The van der Waals surface area contributed by atoms with Crippen LogP contribution in [0.5, 0.6) is 0 Å². The summed E-state index contributed by atoms with van der Waals surface area (Å²) in [5.74, 6) is 0.517. The van der Waals surface area contributed by atoms with E-state index in [1.807, 2.05) is 18.2 Å². The Kier molecular flexibility index (Phi) is 8.25. The van der Waals surface area contributed by atoms with Crippen molar-refractivity contribution in [2.45, 2.75) is 26.3 Å². The number of rotatable bonds is 3. The summed E-state index contributed by atoms with van der Waals surface area (Å²) >= 11 is 0. The third-order valence-electron chi connectivity index (χ3n) is 2.30. The summed E-state index contributed by atoms with van der Waals surface area (Å²) in [6, 6.07) is 5.75. The first-order chi connectivity index (χ1) is 6.56. The topological polar surface area (TPSA) is 75.9 Å². The van der Waals surface area contributed by atoms with Gasteiger partial charge in [-0.1, -0.05) is 26.0 Å². The van der Waals surface area contributed by atoms with Crippen molar-refractivity contribution in [2.24, 2.45) is 11.5 Å². The van der Waals surface area contributed by atoms with Crippen molar-refractivity contribution in [3.63, 3.8) is 0 Å². The van der Waals surface area contributed by atoms with E-state index in [0.29, 0.717) is 12.5 Å². The molecule has 0 fully saturated rings. The second-order valence-electron chi connectivity index (χ2n) is 3.69. The molecule has 0 heterocycles. The molecule has 5 heteroatoms. The van der Waals surface area contributed by atoms with Crippen LogP contribution in [0.3, 0.4) is 0 Å². The number of amidine groups is 1. The van der Waals surface area contributed by atoms with Crippen molar-refractivity contribution in [3.8, 4) is 0 Å². The molecule has 0 aliphatic rings. The predicted molar refractivity (Wildman–Crippen MR) is 73.9 cm³/mol. The maximum absolute atomic E-state index is 7.35. The average molecular weight is 264 g/mol. The maximum atomic E-state index is 7.35. The molecule has 0 aliphatic carbocycles. The molecule has 0 spiro atoms. The van der Waals surface area contributed by atoms with Crippen LogP contribution in [0.1, 0.15) is 36.5 Å². The summed E-state index contributed by atoms with van der Waals surface area (Å²) < 4.78 is 0. The Labute approximate surface area is 109 Å². The van der Waals surface area contributed by atoms with Gasteiger partial charge in [-0.05, 0) is 23.1 Å². The van der Waals surface area contributed by atoms with Crippen LogP contribution in [0.15, 0.2) is 18.2 Å². The molecular weight excluding hydrogens is 245 g/mol. The fourth-order valence-corrected chi connectivity index (χ4v) is 1.49. The summed E-state index contributed by atoms with van der Waals surface area (Å²) in [6.07, 6.45) is 0. The Morgan fingerprint density at radius 2 is 1.88 bits per heavy atom. The van der Waals surface area contributed by atoms with Gasteiger partial charge in [0.2, 0.25) is 0 Å². The molecule has 0 radical (unpaired) electrons. The second-order valence-corrected chi connectivity index (χ2v) is 3.69. The van der Waals surface area contributed by atoms with Gasteiger partial charge in [0, 0.05) is 12.1 Å². The fraction of sp³-hybridized carbons (Fsp3) is 0.364. The van der Waals surface area contributed by atoms with Gasteiger partial charge in [-0.15, -0.1) is 24.8 Å². The monoisotopic (exact) mass is 263 g/mol. The molecule has 16 heavy (non-hydrogen) atoms. The van der Waals surface area contributed by atoms with Crippen molar-refractivity contribution >= 4 is 30.6 Å². The highest BCUT2D eigenvalue weighted by atomic mass is 35.5. The number of halogens is 2. The van der Waals surface area contributed by atoms with E-state index >= 15 is 0 Å². The van der Waals surface area contributed by atoms with Crippen LogP contribution < -0.4 is 11.5 Å². The largest absolute Gasteiger partial charge is 0.384 e. The zero-order valence-electron chi connectivity index (χ0n) is 9.49. The van der Waals surface area contributed by atoms with Crippen LogP contribution in [0.25, 0.3) is 0 Å². The number of benzene rings is 1. The SMILES string of the molecule is CC(C)c1cc(C(=N)N)ccc1CN.Cl.Cl. The molecule has 0 saturated carbocycles. The minimum Gasteiger partial charge on any atom is -0.384 e. The van der Waals surface area contributed by atoms with Crippen molar-refractivity contribution < 1.29 is 0 Å². The lowest BCUT2D eigenvalue weighted by Crippen LogP contribution is -2.13. The highest BCUT2D eigenvalue weighted by Gasteiger charge is 2.07. The van der Waals surface area contributed by atoms with Crippen molar-refractivity contribution in [1.29, 1.82) is 5.41 Å². The van der Waals surface area contributed by atoms with E-state index in [0.717, 1.165) is 11.1 Å². The van der Waals surface area contributed by atoms with Gasteiger partial charge in [0.1, 0.15) is 5.84 Å². The van der Waals surface area contributed by atoms with Crippen LogP contribution in [-0.2, 0) is 6.54 Å². The minimum atomic E-state index is 0. The molecule has 5 N–H and O–H groups in total. The van der Waals surface area contributed by atoms with E-state index in [-0.39, 0.29) is 30.6 Å². The molecule has 92 valence electrons. The predicted octanol–water partition coefficient (Wildman–Crippen LogP) is 2.40. The van der Waals surface area contributed by atoms with Crippen molar-refractivity contribution in [3.05, 3.63) is 34.9 Å². The molecule has 0 atom stereocenters. The average Bonchev–Trinajstić information content (AvgIpc) is 2.16. The number of nitrogen functional groups attached to an aromatic ring is 1. The molecule has 0 unspecified atom stereocenters. The van der Waals surface area contributed by atoms with E-state index in [1.54, 1.807) is 0 Å². The van der Waals surface area contributed by atoms with Crippen LogP contribution in [0, 0.1) is 5.41 Å². The summed E-state index contributed by atoms with van der Waals surface area (Å²) in [4.78, 5) is 0. The first-order valence-corrected chi connectivity index (χ1v) is 4.73. The van der Waals surface area contributed by atoms with E-state index in [9.17, 15) is 0 Å². The third-order valence-corrected chi connectivity index (χ3v) is 2.30. The number of hydrogen-bond donors (Lipinski definition) is 3. The van der Waals surface area contributed by atoms with E-state index in [2.05, 4.69) is 13.8 Å². The van der Waals surface area contributed by atoms with Crippen LogP contribution in [0.4, 0.5) is 0 Å². The molecule has 0 aromatic heterocycles. The molecule has 1 aromatic carbocycles. The normalized spacial score (nSPS) is 9.25. The third kappa shape index (κ3) is 4.00. The van der Waals surface area contributed by atoms with Gasteiger partial charge >= 0.3 is 0 Å². The van der Waals surface area contributed by atoms with Gasteiger partial charge in [-0.2, -0.15) is 0 Å². The van der Waals surface area contributed by atoms with Crippen LogP contribution in [0.2, 0.25) is 0 Å². The highest BCUT2D eigenvalue weighted by Crippen LogP contribution is 2.20. The van der Waals surface area contributed by atoms with E-state index in [4.69, 9.17) is 16.9 Å². The molecule has 3 nitrogen and oxygen atoms in total. The van der Waals surface area contributed by atoms with Crippen molar-refractivity contribution in [1.82, 2.24) is 0 Å². The Hall–Kier alpha value is -0.770. The number of nitrogens with one attached hydrogen (secondary N) is 1. The number of nitrogens with two attached hydrogens (primary N) is 2. The van der Waals surface area contributed by atoms with E-state index in [1.165, 1.54) is 5.56 Å². The van der Waals surface area contributed by atoms with Gasteiger partial charge in [0.15, 0.2) is 0 Å². The second kappa shape index (κ2) is 7.49. The van der Waals surface area contributed by atoms with Gasteiger partial charge in [0.25, 0.3) is 0 Å². The van der Waals surface area contributed by atoms with Crippen molar-refractivity contribution in [2.75, 3.05) is 0 Å². The van der Waals surface area contributed by atoms with Gasteiger partial charge in [-0.3, -0.25) is 5.41 Å². The van der Waals surface area contributed by atoms with Gasteiger partial charge in [0.05, 0.1) is 0 Å². The zero-order chi connectivity index (χ0) is 10.7. The molecule has 0 saturated heterocycles. The summed E-state index contributed by atoms with van der Waals surface area (Å²) in [6.45, 7) is 4.75. The lowest BCUT2D eigenvalue weighted by atomic mass is 9.95. The highest BCUT2D eigenvalue weighted by molar-refractivity contribution is 5.95. The Morgan fingerprint density at radius 3 is 2.25 bits per heavy atom. The van der Waals surface area contributed by atoms with Gasteiger partial charge < -0.3 is 11.5 Å². The smallest absolute Gasteiger partial charge is 0.122 e. The molecule has 0 aliphatic heterocycles. The fourth-order valence-electron chi connectivity index (χ4n) is 1.49.